The number of likely N-dealkylation sites (tertiary alicyclic amines) is 1. The van der Waals surface area contributed by atoms with Gasteiger partial charge in [0.15, 0.2) is 11.5 Å². The zero-order valence-corrected chi connectivity index (χ0v) is 22.1. The van der Waals surface area contributed by atoms with Gasteiger partial charge in [-0.05, 0) is 80.6 Å². The number of ether oxygens (including phenoxy) is 2. The molecule has 0 bridgehead atoms. The SMILES string of the molecule is C=C(NCc1cc(C)cc(C(F)(F)F)c1)C1(CC(C)C)CCN(Cc2ccc(OC)c(OC)c2)CC1. The molecule has 1 saturated heterocycles. The van der Waals surface area contributed by atoms with Crippen molar-refractivity contribution in [3.8, 4) is 11.5 Å². The molecule has 2 aromatic carbocycles. The maximum Gasteiger partial charge on any atom is 0.416 e. The summed E-state index contributed by atoms with van der Waals surface area (Å²) in [5.41, 5.74) is 2.63. The standard InChI is InChI=1S/C29H39F3N2O2/c1-20(2)17-28(22(4)33-18-24-13-21(3)14-25(15-24)29(30,31)32)9-11-34(12-10-28)19-23-7-8-26(35-5)27(16-23)36-6/h7-8,13-16,20,33H,4,9-12,17-19H2,1-3,5-6H3. The molecule has 0 amide bonds. The van der Waals surface area contributed by atoms with Crippen molar-refractivity contribution in [1.29, 1.82) is 0 Å². The molecule has 0 aliphatic carbocycles. The Labute approximate surface area is 213 Å². The van der Waals surface area contributed by atoms with E-state index >= 15 is 0 Å². The number of methoxy groups -OCH3 is 2. The minimum atomic E-state index is -4.35. The third-order valence-electron chi connectivity index (χ3n) is 7.08. The summed E-state index contributed by atoms with van der Waals surface area (Å²) >= 11 is 0. The van der Waals surface area contributed by atoms with E-state index in [0.29, 0.717) is 29.3 Å². The molecule has 0 saturated carbocycles. The van der Waals surface area contributed by atoms with Crippen LogP contribution in [0.3, 0.4) is 0 Å². The van der Waals surface area contributed by atoms with Gasteiger partial charge >= 0.3 is 6.18 Å². The van der Waals surface area contributed by atoms with Gasteiger partial charge in [0.2, 0.25) is 0 Å². The highest BCUT2D eigenvalue weighted by Gasteiger charge is 2.38. The van der Waals surface area contributed by atoms with Crippen LogP contribution >= 0.6 is 0 Å². The molecule has 0 spiro atoms. The Balaban J connectivity index is 1.67. The summed E-state index contributed by atoms with van der Waals surface area (Å²) in [4.78, 5) is 2.43. The molecule has 0 radical (unpaired) electrons. The lowest BCUT2D eigenvalue weighted by molar-refractivity contribution is -0.137. The first-order valence-electron chi connectivity index (χ1n) is 12.5. The van der Waals surface area contributed by atoms with Crippen molar-refractivity contribution in [2.24, 2.45) is 11.3 Å². The molecule has 1 aliphatic heterocycles. The molecule has 2 aromatic rings. The summed E-state index contributed by atoms with van der Waals surface area (Å²) in [6.07, 6.45) is -1.46. The van der Waals surface area contributed by atoms with E-state index in [0.717, 1.165) is 50.3 Å². The number of hydrogen-bond acceptors (Lipinski definition) is 4. The van der Waals surface area contributed by atoms with Gasteiger partial charge in [0.05, 0.1) is 19.8 Å². The number of piperidine rings is 1. The van der Waals surface area contributed by atoms with Gasteiger partial charge in [-0.15, -0.1) is 0 Å². The van der Waals surface area contributed by atoms with Gasteiger partial charge in [-0.3, -0.25) is 4.90 Å². The number of halogens is 3. The van der Waals surface area contributed by atoms with Crippen LogP contribution in [0.2, 0.25) is 0 Å². The Morgan fingerprint density at radius 1 is 1.03 bits per heavy atom. The van der Waals surface area contributed by atoms with Crippen molar-refractivity contribution in [1.82, 2.24) is 10.2 Å². The molecular weight excluding hydrogens is 465 g/mol. The first-order valence-corrected chi connectivity index (χ1v) is 12.5. The Morgan fingerprint density at radius 3 is 2.28 bits per heavy atom. The number of nitrogens with one attached hydrogen (secondary N) is 1. The van der Waals surface area contributed by atoms with Crippen LogP contribution < -0.4 is 14.8 Å². The molecule has 7 heteroatoms. The summed E-state index contributed by atoms with van der Waals surface area (Å²) in [5.74, 6) is 1.93. The molecule has 0 unspecified atom stereocenters. The monoisotopic (exact) mass is 504 g/mol. The van der Waals surface area contributed by atoms with Gasteiger partial charge in [0.25, 0.3) is 0 Å². The molecule has 1 aliphatic rings. The second kappa shape index (κ2) is 11.6. The number of allylic oxidation sites excluding steroid dienone is 1. The van der Waals surface area contributed by atoms with Crippen molar-refractivity contribution in [3.05, 3.63) is 70.9 Å². The van der Waals surface area contributed by atoms with Crippen LogP contribution in [0, 0.1) is 18.3 Å². The zero-order chi connectivity index (χ0) is 26.5. The van der Waals surface area contributed by atoms with Gasteiger partial charge in [0, 0.05) is 24.2 Å². The summed E-state index contributed by atoms with van der Waals surface area (Å²) in [6, 6.07) is 10.2. The van der Waals surface area contributed by atoms with E-state index in [2.05, 4.69) is 36.7 Å². The maximum atomic E-state index is 13.3. The fraction of sp³-hybridized carbons (Fsp3) is 0.517. The molecule has 1 heterocycles. The van der Waals surface area contributed by atoms with Crippen LogP contribution in [0.4, 0.5) is 13.2 Å². The lowest BCUT2D eigenvalue weighted by Crippen LogP contribution is -2.43. The van der Waals surface area contributed by atoms with Gasteiger partial charge in [-0.1, -0.05) is 38.1 Å². The molecule has 4 nitrogen and oxygen atoms in total. The van der Waals surface area contributed by atoms with E-state index in [1.165, 1.54) is 17.7 Å². The van der Waals surface area contributed by atoms with E-state index in [-0.39, 0.29) is 5.41 Å². The fourth-order valence-electron chi connectivity index (χ4n) is 5.31. The van der Waals surface area contributed by atoms with Gasteiger partial charge in [-0.25, -0.2) is 0 Å². The minimum absolute atomic E-state index is 0.0844. The van der Waals surface area contributed by atoms with E-state index in [1.807, 2.05) is 12.1 Å². The lowest BCUT2D eigenvalue weighted by Gasteiger charge is -2.44. The smallest absolute Gasteiger partial charge is 0.416 e. The van der Waals surface area contributed by atoms with Crippen molar-refractivity contribution < 1.29 is 22.6 Å². The fourth-order valence-corrected chi connectivity index (χ4v) is 5.31. The topological polar surface area (TPSA) is 33.7 Å². The highest BCUT2D eigenvalue weighted by molar-refractivity contribution is 5.42. The molecule has 36 heavy (non-hydrogen) atoms. The second-order valence-corrected chi connectivity index (χ2v) is 10.4. The normalized spacial score (nSPS) is 16.1. The van der Waals surface area contributed by atoms with Crippen LogP contribution in [0.5, 0.6) is 11.5 Å². The number of rotatable bonds is 10. The van der Waals surface area contributed by atoms with E-state index in [9.17, 15) is 13.2 Å². The molecular formula is C29H39F3N2O2. The molecule has 1 N–H and O–H groups in total. The molecule has 0 aromatic heterocycles. The van der Waals surface area contributed by atoms with Gasteiger partial charge in [0.1, 0.15) is 0 Å². The third-order valence-corrected chi connectivity index (χ3v) is 7.08. The second-order valence-electron chi connectivity index (χ2n) is 10.4. The summed E-state index contributed by atoms with van der Waals surface area (Å²) in [6.45, 7) is 13.5. The minimum Gasteiger partial charge on any atom is -0.493 e. The zero-order valence-electron chi connectivity index (χ0n) is 22.1. The first-order chi connectivity index (χ1) is 17.0. The van der Waals surface area contributed by atoms with E-state index in [4.69, 9.17) is 9.47 Å². The molecule has 198 valence electrons. The van der Waals surface area contributed by atoms with Crippen LogP contribution in [-0.2, 0) is 19.3 Å². The van der Waals surface area contributed by atoms with Crippen LogP contribution in [0.1, 0.15) is 55.4 Å². The number of nitrogens with zero attached hydrogens (tertiary/aromatic N) is 1. The largest absolute Gasteiger partial charge is 0.493 e. The van der Waals surface area contributed by atoms with Crippen LogP contribution in [-0.4, -0.2) is 32.2 Å². The van der Waals surface area contributed by atoms with Crippen molar-refractivity contribution in [2.45, 2.75) is 59.3 Å². The first kappa shape index (κ1) is 27.9. The van der Waals surface area contributed by atoms with Crippen LogP contribution in [0.15, 0.2) is 48.7 Å². The number of aryl methyl sites for hydroxylation is 1. The number of hydrogen-bond donors (Lipinski definition) is 1. The molecule has 0 atom stereocenters. The highest BCUT2D eigenvalue weighted by atomic mass is 19.4. The van der Waals surface area contributed by atoms with Crippen LogP contribution in [0.25, 0.3) is 0 Å². The molecule has 1 fully saturated rings. The quantitative estimate of drug-likeness (QED) is 0.379. The predicted octanol–water partition coefficient (Wildman–Crippen LogP) is 6.96. The van der Waals surface area contributed by atoms with Crippen molar-refractivity contribution in [2.75, 3.05) is 27.3 Å². The van der Waals surface area contributed by atoms with Gasteiger partial charge in [-0.2, -0.15) is 13.2 Å². The summed E-state index contributed by atoms with van der Waals surface area (Å²) in [7, 11) is 3.27. The summed E-state index contributed by atoms with van der Waals surface area (Å²) in [5, 5.41) is 3.40. The van der Waals surface area contributed by atoms with E-state index < -0.39 is 11.7 Å². The number of alkyl halides is 3. The number of benzene rings is 2. The highest BCUT2D eigenvalue weighted by Crippen LogP contribution is 2.43. The Hall–Kier alpha value is -2.67. The maximum absolute atomic E-state index is 13.3. The third kappa shape index (κ3) is 6.96. The Kier molecular flexibility index (Phi) is 8.98. The Bertz CT molecular complexity index is 1040. The predicted molar refractivity (Wildman–Crippen MR) is 138 cm³/mol. The lowest BCUT2D eigenvalue weighted by atomic mass is 9.70. The van der Waals surface area contributed by atoms with Crippen molar-refractivity contribution in [3.63, 3.8) is 0 Å². The van der Waals surface area contributed by atoms with Crippen molar-refractivity contribution >= 4 is 0 Å². The average molecular weight is 505 g/mol. The summed E-state index contributed by atoms with van der Waals surface area (Å²) < 4.78 is 50.6. The van der Waals surface area contributed by atoms with Gasteiger partial charge < -0.3 is 14.8 Å². The average Bonchev–Trinajstić information content (AvgIpc) is 2.82. The Morgan fingerprint density at radius 2 is 1.69 bits per heavy atom. The molecule has 3 rings (SSSR count). The van der Waals surface area contributed by atoms with E-state index in [1.54, 1.807) is 27.2 Å².